The van der Waals surface area contributed by atoms with Crippen molar-refractivity contribution in [3.05, 3.63) is 41.6 Å². The van der Waals surface area contributed by atoms with E-state index in [9.17, 15) is 4.79 Å². The minimum absolute atomic E-state index is 0.0867. The molecule has 0 spiro atoms. The standard InChI is InChI=1S/C14H15N3O/c1-9(18)8-12-10(2)16-14(15)17-13(12)11-6-4-3-5-7-11/h3-7H,8H2,1-2H3,(H2,15,16,17). The Hall–Kier alpha value is -2.23. The maximum Gasteiger partial charge on any atom is 0.220 e. The van der Waals surface area contributed by atoms with E-state index in [1.54, 1.807) is 6.92 Å². The first-order valence-electron chi connectivity index (χ1n) is 5.76. The van der Waals surface area contributed by atoms with Crippen molar-refractivity contribution < 1.29 is 4.79 Å². The molecule has 18 heavy (non-hydrogen) atoms. The van der Waals surface area contributed by atoms with Gasteiger partial charge in [-0.15, -0.1) is 0 Å². The molecule has 0 unspecified atom stereocenters. The molecule has 0 atom stereocenters. The fraction of sp³-hybridized carbons (Fsp3) is 0.214. The van der Waals surface area contributed by atoms with Crippen LogP contribution in [0, 0.1) is 6.92 Å². The maximum atomic E-state index is 11.3. The quantitative estimate of drug-likeness (QED) is 0.894. The fourth-order valence-corrected chi connectivity index (χ4v) is 1.91. The number of nitrogens with two attached hydrogens (primary N) is 1. The molecule has 1 aromatic carbocycles. The summed E-state index contributed by atoms with van der Waals surface area (Å²) in [6.45, 7) is 3.41. The molecule has 1 heterocycles. The van der Waals surface area contributed by atoms with Crippen molar-refractivity contribution in [2.75, 3.05) is 5.73 Å². The van der Waals surface area contributed by atoms with Crippen LogP contribution in [0.15, 0.2) is 30.3 Å². The number of rotatable bonds is 3. The molecule has 0 bridgehead atoms. The molecule has 0 amide bonds. The van der Waals surface area contributed by atoms with Crippen molar-refractivity contribution in [3.63, 3.8) is 0 Å². The average Bonchev–Trinajstić information content (AvgIpc) is 2.33. The van der Waals surface area contributed by atoms with Gasteiger partial charge in [0.2, 0.25) is 5.95 Å². The van der Waals surface area contributed by atoms with Gasteiger partial charge in [-0.2, -0.15) is 0 Å². The number of hydrogen-bond acceptors (Lipinski definition) is 4. The van der Waals surface area contributed by atoms with Gasteiger partial charge >= 0.3 is 0 Å². The van der Waals surface area contributed by atoms with Gasteiger partial charge in [-0.25, -0.2) is 9.97 Å². The summed E-state index contributed by atoms with van der Waals surface area (Å²) in [5.41, 5.74) is 9.00. The van der Waals surface area contributed by atoms with E-state index in [2.05, 4.69) is 9.97 Å². The second-order valence-electron chi connectivity index (χ2n) is 4.24. The van der Waals surface area contributed by atoms with E-state index in [1.807, 2.05) is 37.3 Å². The molecule has 0 aliphatic rings. The Labute approximate surface area is 106 Å². The van der Waals surface area contributed by atoms with Crippen LogP contribution >= 0.6 is 0 Å². The SMILES string of the molecule is CC(=O)Cc1c(C)nc(N)nc1-c1ccccc1. The summed E-state index contributed by atoms with van der Waals surface area (Å²) in [6.07, 6.45) is 0.330. The number of aromatic nitrogens is 2. The molecular weight excluding hydrogens is 226 g/mol. The van der Waals surface area contributed by atoms with Crippen molar-refractivity contribution in [2.24, 2.45) is 0 Å². The summed E-state index contributed by atoms with van der Waals surface area (Å²) < 4.78 is 0. The minimum Gasteiger partial charge on any atom is -0.368 e. The zero-order valence-electron chi connectivity index (χ0n) is 10.5. The van der Waals surface area contributed by atoms with Crippen LogP contribution in [0.1, 0.15) is 18.2 Å². The molecular formula is C14H15N3O. The second-order valence-corrected chi connectivity index (χ2v) is 4.24. The van der Waals surface area contributed by atoms with Gasteiger partial charge in [-0.1, -0.05) is 30.3 Å². The van der Waals surface area contributed by atoms with Crippen LogP contribution in [0.3, 0.4) is 0 Å². The van der Waals surface area contributed by atoms with E-state index in [-0.39, 0.29) is 11.7 Å². The fourth-order valence-electron chi connectivity index (χ4n) is 1.91. The van der Waals surface area contributed by atoms with E-state index in [1.165, 1.54) is 0 Å². The van der Waals surface area contributed by atoms with E-state index >= 15 is 0 Å². The highest BCUT2D eigenvalue weighted by atomic mass is 16.1. The number of hydrogen-bond donors (Lipinski definition) is 1. The molecule has 1 aromatic heterocycles. The Kier molecular flexibility index (Phi) is 3.37. The Bertz CT molecular complexity index is 579. The highest BCUT2D eigenvalue weighted by Gasteiger charge is 2.13. The van der Waals surface area contributed by atoms with Gasteiger partial charge in [0.1, 0.15) is 5.78 Å². The average molecular weight is 241 g/mol. The van der Waals surface area contributed by atoms with Crippen LogP contribution in [0.4, 0.5) is 5.95 Å². The second kappa shape index (κ2) is 4.96. The predicted molar refractivity (Wildman–Crippen MR) is 71.0 cm³/mol. The number of aryl methyl sites for hydroxylation is 1. The Morgan fingerprint density at radius 2 is 1.89 bits per heavy atom. The molecule has 0 saturated carbocycles. The summed E-state index contributed by atoms with van der Waals surface area (Å²) in [4.78, 5) is 19.7. The van der Waals surface area contributed by atoms with Crippen molar-refractivity contribution in [3.8, 4) is 11.3 Å². The summed E-state index contributed by atoms with van der Waals surface area (Å²) in [6, 6.07) is 9.70. The summed E-state index contributed by atoms with van der Waals surface area (Å²) in [5.74, 6) is 0.322. The van der Waals surface area contributed by atoms with Gasteiger partial charge in [0.15, 0.2) is 0 Å². The van der Waals surface area contributed by atoms with Gasteiger partial charge < -0.3 is 5.73 Å². The molecule has 0 saturated heterocycles. The van der Waals surface area contributed by atoms with Gasteiger partial charge in [0, 0.05) is 23.2 Å². The third-order valence-electron chi connectivity index (χ3n) is 2.70. The van der Waals surface area contributed by atoms with E-state index in [0.29, 0.717) is 6.42 Å². The molecule has 2 rings (SSSR count). The summed E-state index contributed by atoms with van der Waals surface area (Å²) >= 11 is 0. The van der Waals surface area contributed by atoms with Crippen LogP contribution in [0.5, 0.6) is 0 Å². The molecule has 0 fully saturated rings. The lowest BCUT2D eigenvalue weighted by molar-refractivity contribution is -0.116. The first kappa shape index (κ1) is 12.2. The van der Waals surface area contributed by atoms with Crippen LogP contribution in [-0.4, -0.2) is 15.8 Å². The minimum atomic E-state index is 0.0867. The monoisotopic (exact) mass is 241 g/mol. The summed E-state index contributed by atoms with van der Waals surface area (Å²) in [7, 11) is 0. The smallest absolute Gasteiger partial charge is 0.220 e. The first-order chi connectivity index (χ1) is 8.58. The Morgan fingerprint density at radius 1 is 1.22 bits per heavy atom. The maximum absolute atomic E-state index is 11.3. The van der Waals surface area contributed by atoms with Crippen LogP contribution in [0.2, 0.25) is 0 Å². The number of carbonyl (C=O) groups is 1. The highest BCUT2D eigenvalue weighted by molar-refractivity contribution is 5.81. The number of anilines is 1. The molecule has 4 nitrogen and oxygen atoms in total. The van der Waals surface area contributed by atoms with Crippen molar-refractivity contribution in [2.45, 2.75) is 20.3 Å². The zero-order chi connectivity index (χ0) is 13.1. The third kappa shape index (κ3) is 2.53. The molecule has 0 radical (unpaired) electrons. The lowest BCUT2D eigenvalue weighted by atomic mass is 10.0. The first-order valence-corrected chi connectivity index (χ1v) is 5.76. The molecule has 4 heteroatoms. The van der Waals surface area contributed by atoms with Crippen molar-refractivity contribution in [1.82, 2.24) is 9.97 Å². The van der Waals surface area contributed by atoms with Crippen LogP contribution in [-0.2, 0) is 11.2 Å². The molecule has 92 valence electrons. The number of ketones is 1. The largest absolute Gasteiger partial charge is 0.368 e. The van der Waals surface area contributed by atoms with Crippen molar-refractivity contribution in [1.29, 1.82) is 0 Å². The van der Waals surface area contributed by atoms with Gasteiger partial charge in [-0.3, -0.25) is 4.79 Å². The molecule has 0 aliphatic carbocycles. The lowest BCUT2D eigenvalue weighted by Gasteiger charge is -2.11. The number of Topliss-reactive ketones (excluding diaryl/α,β-unsaturated/α-hetero) is 1. The Morgan fingerprint density at radius 3 is 2.50 bits per heavy atom. The lowest BCUT2D eigenvalue weighted by Crippen LogP contribution is -2.08. The number of nitrogens with zero attached hydrogens (tertiary/aromatic N) is 2. The van der Waals surface area contributed by atoms with E-state index in [0.717, 1.165) is 22.5 Å². The van der Waals surface area contributed by atoms with Gasteiger partial charge in [0.05, 0.1) is 5.69 Å². The number of carbonyl (C=O) groups excluding carboxylic acids is 1. The predicted octanol–water partition coefficient (Wildman–Crippen LogP) is 2.17. The normalized spacial score (nSPS) is 10.3. The highest BCUT2D eigenvalue weighted by Crippen LogP contribution is 2.24. The van der Waals surface area contributed by atoms with Crippen LogP contribution in [0.25, 0.3) is 11.3 Å². The van der Waals surface area contributed by atoms with E-state index < -0.39 is 0 Å². The van der Waals surface area contributed by atoms with Crippen LogP contribution < -0.4 is 5.73 Å². The van der Waals surface area contributed by atoms with E-state index in [4.69, 9.17) is 5.73 Å². The zero-order valence-corrected chi connectivity index (χ0v) is 10.5. The van der Waals surface area contributed by atoms with Gasteiger partial charge in [0.25, 0.3) is 0 Å². The van der Waals surface area contributed by atoms with Gasteiger partial charge in [-0.05, 0) is 13.8 Å². The molecule has 0 aliphatic heterocycles. The molecule has 2 N–H and O–H groups in total. The number of nitrogen functional groups attached to an aromatic ring is 1. The summed E-state index contributed by atoms with van der Waals surface area (Å²) in [5, 5.41) is 0. The number of benzene rings is 1. The topological polar surface area (TPSA) is 68.9 Å². The van der Waals surface area contributed by atoms with Crippen molar-refractivity contribution >= 4 is 11.7 Å². The Balaban J connectivity index is 2.61. The molecule has 2 aromatic rings. The third-order valence-corrected chi connectivity index (χ3v) is 2.70.